The molecule has 8 heteroatoms. The van der Waals surface area contributed by atoms with Crippen molar-refractivity contribution < 1.29 is 28.2 Å². The fourth-order valence-electron chi connectivity index (χ4n) is 2.13. The van der Waals surface area contributed by atoms with E-state index < -0.39 is 39.3 Å². The van der Waals surface area contributed by atoms with Crippen molar-refractivity contribution in [2.24, 2.45) is 17.3 Å². The predicted molar refractivity (Wildman–Crippen MR) is 58.0 cm³/mol. The van der Waals surface area contributed by atoms with Crippen molar-refractivity contribution in [1.29, 1.82) is 0 Å². The van der Waals surface area contributed by atoms with Crippen LogP contribution >= 0.6 is 27.5 Å². The number of aliphatic hydroxyl groups excluding tert-OH is 1. The van der Waals surface area contributed by atoms with Crippen LogP contribution in [0, 0.1) is 17.3 Å². The lowest BCUT2D eigenvalue weighted by atomic mass is 10.0. The van der Waals surface area contributed by atoms with Crippen LogP contribution in [0.4, 0.5) is 13.2 Å². The first-order chi connectivity index (χ1) is 7.35. The third-order valence-corrected chi connectivity index (χ3v) is 4.62. The summed E-state index contributed by atoms with van der Waals surface area (Å²) in [6.07, 6.45) is -6.91. The SMILES string of the molecule is CC1(C)[C@H](C(=O)O)[C@@H]1C(O)C(Cl)(Br)C(F)(F)F. The fraction of sp³-hybridized carbons (Fsp3) is 0.889. The van der Waals surface area contributed by atoms with Crippen LogP contribution < -0.4 is 0 Å². The first kappa shape index (κ1) is 15.0. The van der Waals surface area contributed by atoms with Gasteiger partial charge in [-0.1, -0.05) is 41.4 Å². The van der Waals surface area contributed by atoms with Crippen LogP contribution in [0.25, 0.3) is 0 Å². The van der Waals surface area contributed by atoms with E-state index in [1.165, 1.54) is 13.8 Å². The molecule has 0 heterocycles. The van der Waals surface area contributed by atoms with Crippen LogP contribution in [-0.2, 0) is 4.79 Å². The molecule has 0 aromatic rings. The Morgan fingerprint density at radius 3 is 2.12 bits per heavy atom. The number of alkyl halides is 5. The highest BCUT2D eigenvalue weighted by molar-refractivity contribution is 9.10. The molecule has 0 amide bonds. The molecule has 17 heavy (non-hydrogen) atoms. The van der Waals surface area contributed by atoms with Gasteiger partial charge in [0, 0.05) is 5.92 Å². The van der Waals surface area contributed by atoms with Crippen molar-refractivity contribution in [2.75, 3.05) is 0 Å². The van der Waals surface area contributed by atoms with Gasteiger partial charge in [-0.05, 0) is 5.41 Å². The van der Waals surface area contributed by atoms with Crippen LogP contribution in [-0.4, -0.2) is 32.2 Å². The zero-order valence-corrected chi connectivity index (χ0v) is 11.3. The topological polar surface area (TPSA) is 57.5 Å². The van der Waals surface area contributed by atoms with Crippen LogP contribution in [0.3, 0.4) is 0 Å². The Balaban J connectivity index is 2.94. The molecule has 4 atom stereocenters. The smallest absolute Gasteiger partial charge is 0.420 e. The second-order valence-electron chi connectivity index (χ2n) is 4.73. The normalized spacial score (nSPS) is 32.7. The Bertz CT molecular complexity index is 343. The van der Waals surface area contributed by atoms with Gasteiger partial charge in [0.1, 0.15) is 0 Å². The third-order valence-electron chi connectivity index (χ3n) is 3.27. The average molecular weight is 340 g/mol. The standard InChI is InChI=1S/C9H11BrClF3O3/c1-7(2)3(4(7)6(16)17)5(15)8(10,11)9(12,13)14/h3-5,15H,1-2H3,(H,16,17)/t3-,4+,5?,8?/m1/s1. The van der Waals surface area contributed by atoms with Crippen molar-refractivity contribution in [2.45, 2.75) is 29.9 Å². The highest BCUT2D eigenvalue weighted by Gasteiger charge is 2.71. The lowest BCUT2D eigenvalue weighted by Crippen LogP contribution is -2.46. The first-order valence-electron chi connectivity index (χ1n) is 4.70. The number of halogens is 5. The number of aliphatic hydroxyl groups is 1. The van der Waals surface area contributed by atoms with Gasteiger partial charge in [-0.2, -0.15) is 13.2 Å². The van der Waals surface area contributed by atoms with E-state index in [1.54, 1.807) is 0 Å². The number of rotatable bonds is 3. The quantitative estimate of drug-likeness (QED) is 0.777. The molecule has 2 N–H and O–H groups in total. The van der Waals surface area contributed by atoms with Crippen LogP contribution in [0.1, 0.15) is 13.8 Å². The molecule has 0 bridgehead atoms. The zero-order valence-electron chi connectivity index (χ0n) is 8.92. The summed E-state index contributed by atoms with van der Waals surface area (Å²) in [5.41, 5.74) is -0.912. The molecule has 1 fully saturated rings. The molecule has 0 aromatic heterocycles. The van der Waals surface area contributed by atoms with Crippen LogP contribution in [0.5, 0.6) is 0 Å². The minimum Gasteiger partial charge on any atom is -0.481 e. The molecule has 2 unspecified atom stereocenters. The third kappa shape index (κ3) is 2.29. The van der Waals surface area contributed by atoms with Crippen molar-refractivity contribution >= 4 is 33.5 Å². The second kappa shape index (κ2) is 3.99. The summed E-state index contributed by atoms with van der Waals surface area (Å²) in [5.74, 6) is -3.31. The Morgan fingerprint density at radius 2 is 1.88 bits per heavy atom. The molecule has 1 aliphatic carbocycles. The maximum atomic E-state index is 12.6. The lowest BCUT2D eigenvalue weighted by molar-refractivity contribution is -0.161. The van der Waals surface area contributed by atoms with E-state index in [4.69, 9.17) is 16.7 Å². The van der Waals surface area contributed by atoms with E-state index >= 15 is 0 Å². The van der Waals surface area contributed by atoms with Gasteiger partial charge in [0.2, 0.25) is 3.78 Å². The van der Waals surface area contributed by atoms with Gasteiger partial charge in [-0.3, -0.25) is 4.79 Å². The van der Waals surface area contributed by atoms with Crippen molar-refractivity contribution in [3.63, 3.8) is 0 Å². The highest BCUT2D eigenvalue weighted by Crippen LogP contribution is 2.64. The van der Waals surface area contributed by atoms with E-state index in [0.717, 1.165) is 0 Å². The van der Waals surface area contributed by atoms with E-state index in [-0.39, 0.29) is 0 Å². The molecule has 0 aliphatic heterocycles. The van der Waals surface area contributed by atoms with Gasteiger partial charge >= 0.3 is 12.1 Å². The Labute approximate surface area is 109 Å². The second-order valence-corrected chi connectivity index (χ2v) is 7.03. The number of carboxylic acids is 1. The van der Waals surface area contributed by atoms with E-state index in [9.17, 15) is 23.1 Å². The van der Waals surface area contributed by atoms with Gasteiger partial charge < -0.3 is 10.2 Å². The minimum absolute atomic E-state index is 0.912. The van der Waals surface area contributed by atoms with Crippen molar-refractivity contribution in [3.05, 3.63) is 0 Å². The Hall–Kier alpha value is -0.0100. The molecule has 0 radical (unpaired) electrons. The van der Waals surface area contributed by atoms with E-state index in [1.807, 2.05) is 0 Å². The van der Waals surface area contributed by atoms with E-state index in [2.05, 4.69) is 15.9 Å². The molecule has 0 spiro atoms. The van der Waals surface area contributed by atoms with Gasteiger partial charge in [-0.25, -0.2) is 0 Å². The van der Waals surface area contributed by atoms with Crippen molar-refractivity contribution in [3.8, 4) is 0 Å². The number of hydrogen-bond acceptors (Lipinski definition) is 2. The molecule has 0 aromatic carbocycles. The summed E-state index contributed by atoms with van der Waals surface area (Å²) < 4.78 is 34.7. The summed E-state index contributed by atoms with van der Waals surface area (Å²) >= 11 is 7.48. The van der Waals surface area contributed by atoms with Gasteiger partial charge in [0.25, 0.3) is 0 Å². The molecular formula is C9H11BrClF3O3. The molecule has 1 aliphatic rings. The minimum atomic E-state index is -4.88. The predicted octanol–water partition coefficient (Wildman–Crippen LogP) is 2.60. The largest absolute Gasteiger partial charge is 0.481 e. The van der Waals surface area contributed by atoms with Crippen LogP contribution in [0.15, 0.2) is 0 Å². The lowest BCUT2D eigenvalue weighted by Gasteiger charge is -2.29. The van der Waals surface area contributed by atoms with Gasteiger partial charge in [-0.15, -0.1) is 0 Å². The molecule has 3 nitrogen and oxygen atoms in total. The molecular weight excluding hydrogens is 328 g/mol. The molecule has 100 valence electrons. The van der Waals surface area contributed by atoms with E-state index in [0.29, 0.717) is 0 Å². The zero-order chi connectivity index (χ0) is 13.8. The first-order valence-corrected chi connectivity index (χ1v) is 5.87. The summed E-state index contributed by atoms with van der Waals surface area (Å²) in [6, 6.07) is 0. The molecule has 1 rings (SSSR count). The summed E-state index contributed by atoms with van der Waals surface area (Å²) in [7, 11) is 0. The number of carboxylic acid groups (broad SMARTS) is 1. The summed E-state index contributed by atoms with van der Waals surface area (Å²) in [6.45, 7) is 2.96. The monoisotopic (exact) mass is 338 g/mol. The number of aliphatic carboxylic acids is 1. The summed E-state index contributed by atoms with van der Waals surface area (Å²) in [4.78, 5) is 10.8. The maximum Gasteiger partial charge on any atom is 0.420 e. The molecule has 1 saturated carbocycles. The summed E-state index contributed by atoms with van der Waals surface area (Å²) in [5, 5.41) is 18.5. The fourth-order valence-corrected chi connectivity index (χ4v) is 2.55. The Morgan fingerprint density at radius 1 is 1.47 bits per heavy atom. The average Bonchev–Trinajstić information content (AvgIpc) is 2.65. The van der Waals surface area contributed by atoms with Gasteiger partial charge in [0.15, 0.2) is 0 Å². The number of hydrogen-bond donors (Lipinski definition) is 2. The molecule has 0 saturated heterocycles. The van der Waals surface area contributed by atoms with Crippen molar-refractivity contribution in [1.82, 2.24) is 0 Å². The van der Waals surface area contributed by atoms with Crippen LogP contribution in [0.2, 0.25) is 0 Å². The highest BCUT2D eigenvalue weighted by atomic mass is 79.9. The maximum absolute atomic E-state index is 12.6. The Kier molecular flexibility index (Phi) is 3.54. The van der Waals surface area contributed by atoms with Gasteiger partial charge in [0.05, 0.1) is 12.0 Å². The number of carbonyl (C=O) groups is 1.